The third kappa shape index (κ3) is 4.35. The molecule has 0 radical (unpaired) electrons. The molecule has 0 unspecified atom stereocenters. The summed E-state index contributed by atoms with van der Waals surface area (Å²) in [6.45, 7) is 4.47. The summed E-state index contributed by atoms with van der Waals surface area (Å²) in [5.41, 5.74) is 4.08. The second-order valence-corrected chi connectivity index (χ2v) is 6.36. The van der Waals surface area contributed by atoms with Crippen LogP contribution < -0.4 is 0 Å². The molecule has 0 heteroatoms. The van der Waals surface area contributed by atoms with Crippen LogP contribution in [0.4, 0.5) is 0 Å². The average molecular weight is 316 g/mol. The van der Waals surface area contributed by atoms with Crippen LogP contribution in [0.5, 0.6) is 0 Å². The Balaban J connectivity index is 0.00000208. The van der Waals surface area contributed by atoms with Gasteiger partial charge >= 0.3 is 0 Å². The van der Waals surface area contributed by atoms with Gasteiger partial charge in [-0.25, -0.2) is 0 Å². The minimum absolute atomic E-state index is 0. The Morgan fingerprint density at radius 3 is 2.50 bits per heavy atom. The van der Waals surface area contributed by atoms with Gasteiger partial charge < -0.3 is 0 Å². The summed E-state index contributed by atoms with van der Waals surface area (Å²) >= 11 is 0. The van der Waals surface area contributed by atoms with E-state index in [2.05, 4.69) is 92.7 Å². The Morgan fingerprint density at radius 1 is 0.917 bits per heavy atom. The second-order valence-electron chi connectivity index (χ2n) is 6.36. The number of aryl methyl sites for hydroxylation is 1. The Hall–Kier alpha value is -2.34. The smallest absolute Gasteiger partial charge is 0.0149 e. The van der Waals surface area contributed by atoms with E-state index in [4.69, 9.17) is 0 Å². The summed E-state index contributed by atoms with van der Waals surface area (Å²) in [5.74, 6) is 0.572. The predicted octanol–water partition coefficient (Wildman–Crippen LogP) is 7.38. The molecule has 0 saturated heterocycles. The fourth-order valence-electron chi connectivity index (χ4n) is 3.18. The largest absolute Gasteiger partial charge is 0.0839 e. The summed E-state index contributed by atoms with van der Waals surface area (Å²) in [7, 11) is 0. The van der Waals surface area contributed by atoms with E-state index in [1.165, 1.54) is 33.9 Å². The highest BCUT2D eigenvalue weighted by molar-refractivity contribution is 5.86. The first-order chi connectivity index (χ1) is 11.2. The van der Waals surface area contributed by atoms with Crippen molar-refractivity contribution in [2.24, 2.45) is 0 Å². The van der Waals surface area contributed by atoms with Crippen molar-refractivity contribution in [3.63, 3.8) is 0 Å². The van der Waals surface area contributed by atoms with Crippen LogP contribution in [0.3, 0.4) is 0 Å². The zero-order chi connectivity index (χ0) is 16.1. The van der Waals surface area contributed by atoms with Gasteiger partial charge in [0.1, 0.15) is 0 Å². The van der Waals surface area contributed by atoms with Gasteiger partial charge in [0.15, 0.2) is 0 Å². The van der Waals surface area contributed by atoms with Gasteiger partial charge in [0.05, 0.1) is 0 Å². The van der Waals surface area contributed by atoms with Crippen molar-refractivity contribution < 1.29 is 0 Å². The van der Waals surface area contributed by atoms with Crippen LogP contribution in [0.15, 0.2) is 72.8 Å². The second kappa shape index (κ2) is 8.49. The normalized spacial score (nSPS) is 12.2. The van der Waals surface area contributed by atoms with Gasteiger partial charge in [-0.15, -0.1) is 0 Å². The molecule has 0 spiro atoms. The number of allylic oxidation sites excluding steroid dienone is 1. The van der Waals surface area contributed by atoms with Crippen molar-refractivity contribution in [2.75, 3.05) is 0 Å². The van der Waals surface area contributed by atoms with Crippen LogP contribution in [0, 0.1) is 6.92 Å². The molecule has 1 atom stereocenters. The summed E-state index contributed by atoms with van der Waals surface area (Å²) in [5, 5.41) is 2.73. The topological polar surface area (TPSA) is 0 Å². The maximum atomic E-state index is 2.34. The van der Waals surface area contributed by atoms with Crippen LogP contribution in [0.1, 0.15) is 49.8 Å². The molecule has 24 heavy (non-hydrogen) atoms. The number of benzene rings is 3. The fraction of sp³-hybridized carbons (Fsp3) is 0.250. The summed E-state index contributed by atoms with van der Waals surface area (Å²) in [6, 6.07) is 24.0. The monoisotopic (exact) mass is 316 g/mol. The van der Waals surface area contributed by atoms with Gasteiger partial charge in [-0.1, -0.05) is 98.8 Å². The molecule has 0 fully saturated rings. The van der Waals surface area contributed by atoms with Gasteiger partial charge in [-0.05, 0) is 47.6 Å². The SMILES string of the molecule is C.Cc1cccc(/C=C/CC[C@H](C)c2cccc3ccccc23)c1. The quantitative estimate of drug-likeness (QED) is 0.460. The number of fused-ring (bicyclic) bond motifs is 1. The summed E-state index contributed by atoms with van der Waals surface area (Å²) in [4.78, 5) is 0. The van der Waals surface area contributed by atoms with Crippen molar-refractivity contribution in [1.29, 1.82) is 0 Å². The third-order valence-electron chi connectivity index (χ3n) is 4.47. The standard InChI is InChI=1S/C23H24.CH4/c1-18-9-7-12-20(17-18)11-4-3-10-19(2)22-16-8-14-21-13-5-6-15-23(21)22;/h4-9,11-17,19H,3,10H2,1-2H3;1H4/b11-4+;/t19-;/m0./s1. The molecule has 3 aromatic carbocycles. The molecular formula is C24H28. The molecule has 0 bridgehead atoms. The van der Waals surface area contributed by atoms with E-state index in [0.29, 0.717) is 5.92 Å². The Morgan fingerprint density at radius 2 is 1.67 bits per heavy atom. The van der Waals surface area contributed by atoms with Gasteiger partial charge in [-0.2, -0.15) is 0 Å². The molecule has 3 rings (SSSR count). The molecule has 0 aliphatic carbocycles. The molecule has 0 amide bonds. The Bertz CT molecular complexity index is 806. The zero-order valence-electron chi connectivity index (χ0n) is 14.0. The molecule has 0 saturated carbocycles. The van der Waals surface area contributed by atoms with Gasteiger partial charge in [0.2, 0.25) is 0 Å². The van der Waals surface area contributed by atoms with Gasteiger partial charge in [0.25, 0.3) is 0 Å². The minimum Gasteiger partial charge on any atom is -0.0839 e. The van der Waals surface area contributed by atoms with E-state index in [-0.39, 0.29) is 7.43 Å². The Labute approximate surface area is 146 Å². The number of rotatable bonds is 5. The highest BCUT2D eigenvalue weighted by Crippen LogP contribution is 2.28. The first kappa shape index (κ1) is 18.0. The number of hydrogen-bond acceptors (Lipinski definition) is 0. The number of hydrogen-bond donors (Lipinski definition) is 0. The Kier molecular flexibility index (Phi) is 6.37. The minimum atomic E-state index is 0. The summed E-state index contributed by atoms with van der Waals surface area (Å²) < 4.78 is 0. The first-order valence-electron chi connectivity index (χ1n) is 8.45. The van der Waals surface area contributed by atoms with E-state index in [1.54, 1.807) is 0 Å². The van der Waals surface area contributed by atoms with E-state index in [9.17, 15) is 0 Å². The molecule has 0 aliphatic heterocycles. The van der Waals surface area contributed by atoms with E-state index in [1.807, 2.05) is 0 Å². The predicted molar refractivity (Wildman–Crippen MR) is 109 cm³/mol. The lowest BCUT2D eigenvalue weighted by atomic mass is 9.91. The highest BCUT2D eigenvalue weighted by Gasteiger charge is 2.08. The lowest BCUT2D eigenvalue weighted by molar-refractivity contribution is 0.696. The molecule has 0 aromatic heterocycles. The van der Waals surface area contributed by atoms with Crippen LogP contribution in [-0.4, -0.2) is 0 Å². The maximum absolute atomic E-state index is 2.34. The van der Waals surface area contributed by atoms with Gasteiger partial charge in [-0.3, -0.25) is 0 Å². The van der Waals surface area contributed by atoms with Crippen LogP contribution in [0.25, 0.3) is 16.8 Å². The van der Waals surface area contributed by atoms with E-state index < -0.39 is 0 Å². The van der Waals surface area contributed by atoms with Crippen LogP contribution in [0.2, 0.25) is 0 Å². The van der Waals surface area contributed by atoms with Crippen molar-refractivity contribution in [3.05, 3.63) is 89.5 Å². The van der Waals surface area contributed by atoms with E-state index in [0.717, 1.165) is 6.42 Å². The molecule has 124 valence electrons. The van der Waals surface area contributed by atoms with Crippen molar-refractivity contribution >= 4 is 16.8 Å². The lowest BCUT2D eigenvalue weighted by Crippen LogP contribution is -1.94. The molecular weight excluding hydrogens is 288 g/mol. The van der Waals surface area contributed by atoms with Crippen LogP contribution >= 0.6 is 0 Å². The fourth-order valence-corrected chi connectivity index (χ4v) is 3.18. The molecule has 0 heterocycles. The molecule has 0 aliphatic rings. The van der Waals surface area contributed by atoms with Crippen molar-refractivity contribution in [3.8, 4) is 0 Å². The first-order valence-corrected chi connectivity index (χ1v) is 8.45. The molecule has 3 aromatic rings. The highest BCUT2D eigenvalue weighted by atomic mass is 14.1. The van der Waals surface area contributed by atoms with Crippen LogP contribution in [-0.2, 0) is 0 Å². The summed E-state index contributed by atoms with van der Waals surface area (Å²) in [6.07, 6.45) is 6.83. The van der Waals surface area contributed by atoms with Crippen molar-refractivity contribution in [2.45, 2.75) is 40.0 Å². The van der Waals surface area contributed by atoms with Crippen molar-refractivity contribution in [1.82, 2.24) is 0 Å². The zero-order valence-corrected chi connectivity index (χ0v) is 14.0. The lowest BCUT2D eigenvalue weighted by Gasteiger charge is -2.13. The maximum Gasteiger partial charge on any atom is -0.0149 e. The average Bonchev–Trinajstić information content (AvgIpc) is 2.58. The van der Waals surface area contributed by atoms with E-state index >= 15 is 0 Å². The van der Waals surface area contributed by atoms with Gasteiger partial charge in [0, 0.05) is 0 Å². The molecule has 0 N–H and O–H groups in total. The third-order valence-corrected chi connectivity index (χ3v) is 4.47. The molecule has 0 nitrogen and oxygen atoms in total.